The van der Waals surface area contributed by atoms with Crippen LogP contribution >= 0.6 is 0 Å². The van der Waals surface area contributed by atoms with Gasteiger partial charge in [-0.25, -0.2) is 18.0 Å². The van der Waals surface area contributed by atoms with Gasteiger partial charge in [-0.2, -0.15) is 0 Å². The fourth-order valence-electron chi connectivity index (χ4n) is 4.26. The van der Waals surface area contributed by atoms with Gasteiger partial charge < -0.3 is 4.74 Å². The van der Waals surface area contributed by atoms with E-state index in [-0.39, 0.29) is 11.1 Å². The Morgan fingerprint density at radius 1 is 1.07 bits per heavy atom. The van der Waals surface area contributed by atoms with Crippen molar-refractivity contribution in [1.29, 1.82) is 0 Å². The van der Waals surface area contributed by atoms with E-state index in [1.54, 1.807) is 12.1 Å². The van der Waals surface area contributed by atoms with Crippen LogP contribution in [0.1, 0.15) is 84.8 Å². The molecule has 1 aliphatic carbocycles. The number of carbonyl (C=O) groups excluding carboxylic acids is 1. The van der Waals surface area contributed by atoms with E-state index < -0.39 is 29.5 Å². The van der Waals surface area contributed by atoms with Crippen molar-refractivity contribution in [1.82, 2.24) is 0 Å². The molecule has 0 amide bonds. The molecular formula is C24H27F3O2. The fourth-order valence-corrected chi connectivity index (χ4v) is 4.26. The first kappa shape index (κ1) is 21.4. The smallest absolute Gasteiger partial charge is 0.343 e. The van der Waals surface area contributed by atoms with Crippen LogP contribution in [0.15, 0.2) is 36.4 Å². The zero-order chi connectivity index (χ0) is 21.0. The minimum absolute atomic E-state index is 0.121. The summed E-state index contributed by atoms with van der Waals surface area (Å²) in [5.41, 5.74) is 0.852. The van der Waals surface area contributed by atoms with E-state index in [0.29, 0.717) is 5.92 Å². The van der Waals surface area contributed by atoms with E-state index in [1.807, 2.05) is 12.1 Å². The van der Waals surface area contributed by atoms with Crippen LogP contribution < -0.4 is 4.74 Å². The molecule has 5 heteroatoms. The maximum Gasteiger partial charge on any atom is 0.343 e. The first-order chi connectivity index (χ1) is 13.9. The third-order valence-corrected chi connectivity index (χ3v) is 5.94. The molecule has 0 atom stereocenters. The molecule has 0 spiro atoms. The number of hydrogen-bond donors (Lipinski definition) is 0. The number of alkyl halides is 2. The van der Waals surface area contributed by atoms with Crippen LogP contribution in [-0.4, -0.2) is 5.97 Å². The average Bonchev–Trinajstić information content (AvgIpc) is 2.71. The van der Waals surface area contributed by atoms with E-state index >= 15 is 0 Å². The standard InChI is InChI=1S/C24H27F3O2/c1-3-4-16-6-8-17(9-7-16)18-10-12-19(13-11-18)24(28)29-20-14-5-15(2)21(22(20)25)23(26)27/h5,10-14,16-17,23H,3-4,6-9H2,1-2H3. The summed E-state index contributed by atoms with van der Waals surface area (Å²) in [7, 11) is 0. The number of hydrogen-bond acceptors (Lipinski definition) is 2. The molecule has 156 valence electrons. The maximum absolute atomic E-state index is 14.3. The lowest BCUT2D eigenvalue weighted by Crippen LogP contribution is -2.14. The SMILES string of the molecule is CCCC1CCC(c2ccc(C(=O)Oc3ccc(C)c(C(F)F)c3F)cc2)CC1. The van der Waals surface area contributed by atoms with Crippen molar-refractivity contribution in [2.45, 2.75) is 64.7 Å². The summed E-state index contributed by atoms with van der Waals surface area (Å²) >= 11 is 0. The molecule has 0 aliphatic heterocycles. The van der Waals surface area contributed by atoms with E-state index in [0.717, 1.165) is 18.8 Å². The third kappa shape index (κ3) is 5.01. The third-order valence-electron chi connectivity index (χ3n) is 5.94. The van der Waals surface area contributed by atoms with Gasteiger partial charge in [0, 0.05) is 0 Å². The zero-order valence-corrected chi connectivity index (χ0v) is 16.9. The maximum atomic E-state index is 14.3. The topological polar surface area (TPSA) is 26.3 Å². The molecule has 1 aliphatic rings. The number of rotatable bonds is 6. The summed E-state index contributed by atoms with van der Waals surface area (Å²) in [5, 5.41) is 0. The Kier molecular flexibility index (Phi) is 6.99. The van der Waals surface area contributed by atoms with Crippen molar-refractivity contribution in [2.24, 2.45) is 5.92 Å². The zero-order valence-electron chi connectivity index (χ0n) is 16.9. The summed E-state index contributed by atoms with van der Waals surface area (Å²) in [6.45, 7) is 3.62. The molecule has 2 aromatic carbocycles. The lowest BCUT2D eigenvalue weighted by Gasteiger charge is -2.28. The van der Waals surface area contributed by atoms with Crippen LogP contribution in [0.3, 0.4) is 0 Å². The summed E-state index contributed by atoms with van der Waals surface area (Å²) in [4.78, 5) is 12.4. The average molecular weight is 404 g/mol. The van der Waals surface area contributed by atoms with Crippen LogP contribution in [0.2, 0.25) is 0 Å². The fraction of sp³-hybridized carbons (Fsp3) is 0.458. The van der Waals surface area contributed by atoms with Crippen LogP contribution in [0.25, 0.3) is 0 Å². The number of aryl methyl sites for hydroxylation is 1. The monoisotopic (exact) mass is 404 g/mol. The summed E-state index contributed by atoms with van der Waals surface area (Å²) < 4.78 is 45.4. The molecular weight excluding hydrogens is 377 g/mol. The first-order valence-corrected chi connectivity index (χ1v) is 10.3. The molecule has 0 saturated heterocycles. The quantitative estimate of drug-likeness (QED) is 0.371. The van der Waals surface area contributed by atoms with E-state index in [4.69, 9.17) is 4.74 Å². The van der Waals surface area contributed by atoms with Gasteiger partial charge in [0.15, 0.2) is 11.6 Å². The molecule has 0 radical (unpaired) electrons. The Balaban J connectivity index is 1.66. The lowest BCUT2D eigenvalue weighted by atomic mass is 9.77. The number of halogens is 3. The van der Waals surface area contributed by atoms with Gasteiger partial charge in [0.2, 0.25) is 0 Å². The predicted octanol–water partition coefficient (Wildman–Crippen LogP) is 7.36. The van der Waals surface area contributed by atoms with Gasteiger partial charge in [0.1, 0.15) is 0 Å². The summed E-state index contributed by atoms with van der Waals surface area (Å²) in [6, 6.07) is 9.68. The lowest BCUT2D eigenvalue weighted by molar-refractivity contribution is 0.0724. The van der Waals surface area contributed by atoms with Gasteiger partial charge in [-0.15, -0.1) is 0 Å². The van der Waals surface area contributed by atoms with E-state index in [1.165, 1.54) is 50.3 Å². The Hall–Kier alpha value is -2.30. The van der Waals surface area contributed by atoms with Gasteiger partial charge in [-0.1, -0.05) is 38.0 Å². The van der Waals surface area contributed by atoms with Crippen LogP contribution in [0.5, 0.6) is 5.75 Å². The predicted molar refractivity (Wildman–Crippen MR) is 107 cm³/mol. The van der Waals surface area contributed by atoms with E-state index in [9.17, 15) is 18.0 Å². The van der Waals surface area contributed by atoms with E-state index in [2.05, 4.69) is 6.92 Å². The highest BCUT2D eigenvalue weighted by Gasteiger charge is 2.24. The minimum atomic E-state index is -2.97. The number of carbonyl (C=O) groups is 1. The van der Waals surface area contributed by atoms with Crippen molar-refractivity contribution in [3.63, 3.8) is 0 Å². The highest BCUT2D eigenvalue weighted by molar-refractivity contribution is 5.91. The molecule has 3 rings (SSSR count). The highest BCUT2D eigenvalue weighted by Crippen LogP contribution is 2.37. The first-order valence-electron chi connectivity index (χ1n) is 10.3. The number of benzene rings is 2. The molecule has 2 nitrogen and oxygen atoms in total. The van der Waals surface area contributed by atoms with Crippen LogP contribution in [0, 0.1) is 18.7 Å². The minimum Gasteiger partial charge on any atom is -0.420 e. The molecule has 1 fully saturated rings. The molecule has 1 saturated carbocycles. The highest BCUT2D eigenvalue weighted by atomic mass is 19.3. The molecule has 0 N–H and O–H groups in total. The Bertz CT molecular complexity index is 838. The van der Waals surface area contributed by atoms with Gasteiger partial charge in [0.25, 0.3) is 6.43 Å². The second-order valence-electron chi connectivity index (χ2n) is 7.93. The van der Waals surface area contributed by atoms with Gasteiger partial charge >= 0.3 is 5.97 Å². The van der Waals surface area contributed by atoms with Gasteiger partial charge in [-0.05, 0) is 73.8 Å². The Labute approximate surface area is 170 Å². The molecule has 0 aromatic heterocycles. The molecule has 0 bridgehead atoms. The molecule has 0 heterocycles. The van der Waals surface area contributed by atoms with Crippen molar-refractivity contribution in [2.75, 3.05) is 0 Å². The Morgan fingerprint density at radius 3 is 2.31 bits per heavy atom. The van der Waals surface area contributed by atoms with Crippen molar-refractivity contribution < 1.29 is 22.7 Å². The van der Waals surface area contributed by atoms with Crippen LogP contribution in [0.4, 0.5) is 13.2 Å². The molecule has 2 aromatic rings. The molecule has 29 heavy (non-hydrogen) atoms. The second-order valence-corrected chi connectivity index (χ2v) is 7.93. The van der Waals surface area contributed by atoms with Crippen molar-refractivity contribution in [3.8, 4) is 5.75 Å². The van der Waals surface area contributed by atoms with Crippen molar-refractivity contribution >= 4 is 5.97 Å². The Morgan fingerprint density at radius 2 is 1.72 bits per heavy atom. The molecule has 0 unspecified atom stereocenters. The summed E-state index contributed by atoms with van der Waals surface area (Å²) in [5.74, 6) is -1.10. The largest absolute Gasteiger partial charge is 0.420 e. The number of esters is 1. The van der Waals surface area contributed by atoms with Crippen LogP contribution in [-0.2, 0) is 0 Å². The second kappa shape index (κ2) is 9.47. The number of ether oxygens (including phenoxy) is 1. The van der Waals surface area contributed by atoms with Crippen molar-refractivity contribution in [3.05, 3.63) is 64.5 Å². The van der Waals surface area contributed by atoms with Gasteiger partial charge in [0.05, 0.1) is 11.1 Å². The van der Waals surface area contributed by atoms with Gasteiger partial charge in [-0.3, -0.25) is 0 Å². The summed E-state index contributed by atoms with van der Waals surface area (Å²) in [6.07, 6.45) is 4.33. The normalized spacial score (nSPS) is 19.4.